The summed E-state index contributed by atoms with van der Waals surface area (Å²) in [7, 11) is -1.99. The van der Waals surface area contributed by atoms with Gasteiger partial charge in [-0.3, -0.25) is 0 Å². The summed E-state index contributed by atoms with van der Waals surface area (Å²) in [6.45, 7) is 7.09. The van der Waals surface area contributed by atoms with Crippen LogP contribution in [0.25, 0.3) is 0 Å². The number of nitrogens with one attached hydrogen (secondary N) is 2. The van der Waals surface area contributed by atoms with Crippen LogP contribution in [0.4, 0.5) is 0 Å². The molecule has 0 amide bonds. The molecular weight excluding hydrogens is 290 g/mol. The van der Waals surface area contributed by atoms with Crippen molar-refractivity contribution in [3.63, 3.8) is 0 Å². The monoisotopic (exact) mass is 315 g/mol. The fourth-order valence-electron chi connectivity index (χ4n) is 1.68. The maximum absolute atomic E-state index is 12.2. The van der Waals surface area contributed by atoms with E-state index in [0.717, 1.165) is 5.56 Å². The van der Waals surface area contributed by atoms with Crippen LogP contribution in [0.5, 0.6) is 0 Å². The number of methoxy groups -OCH3 is 1. The molecule has 1 aromatic rings. The second kappa shape index (κ2) is 8.43. The molecule has 2 N–H and O–H groups in total. The summed E-state index contributed by atoms with van der Waals surface area (Å²) in [4.78, 5) is 4.04. The minimum Gasteiger partial charge on any atom is -0.385 e. The van der Waals surface area contributed by atoms with E-state index in [4.69, 9.17) is 4.74 Å². The zero-order valence-corrected chi connectivity index (χ0v) is 13.9. The zero-order valence-electron chi connectivity index (χ0n) is 13.1. The van der Waals surface area contributed by atoms with Crippen molar-refractivity contribution in [2.75, 3.05) is 13.7 Å². The highest BCUT2D eigenvalue weighted by Crippen LogP contribution is 2.08. The zero-order chi connectivity index (χ0) is 15.9. The van der Waals surface area contributed by atoms with Gasteiger partial charge >= 0.3 is 0 Å². The van der Waals surface area contributed by atoms with Gasteiger partial charge in [-0.25, -0.2) is 18.1 Å². The normalized spacial score (nSPS) is 13.6. The van der Waals surface area contributed by atoms with Crippen LogP contribution in [-0.4, -0.2) is 39.2 Å². The van der Waals surface area contributed by atoms with Crippen LogP contribution < -0.4 is 10.0 Å². The van der Waals surface area contributed by atoms with Crippen molar-refractivity contribution in [2.24, 2.45) is 0 Å². The van der Waals surface area contributed by atoms with E-state index in [9.17, 15) is 8.42 Å². The third-order valence-electron chi connectivity index (χ3n) is 2.90. The summed E-state index contributed by atoms with van der Waals surface area (Å²) >= 11 is 0. The first kappa shape index (κ1) is 18.0. The van der Waals surface area contributed by atoms with E-state index < -0.39 is 10.0 Å². The molecule has 21 heavy (non-hydrogen) atoms. The van der Waals surface area contributed by atoms with Crippen molar-refractivity contribution in [3.05, 3.63) is 23.9 Å². The summed E-state index contributed by atoms with van der Waals surface area (Å²) < 4.78 is 31.8. The third kappa shape index (κ3) is 6.52. The number of pyridine rings is 1. The second-order valence-electron chi connectivity index (χ2n) is 5.34. The second-order valence-corrected chi connectivity index (χ2v) is 7.00. The molecule has 7 heteroatoms. The maximum atomic E-state index is 12.2. The largest absolute Gasteiger partial charge is 0.385 e. The van der Waals surface area contributed by atoms with Crippen LogP contribution in [0.15, 0.2) is 23.4 Å². The van der Waals surface area contributed by atoms with E-state index in [2.05, 4.69) is 28.9 Å². The number of hydrogen-bond acceptors (Lipinski definition) is 5. The van der Waals surface area contributed by atoms with Crippen LogP contribution >= 0.6 is 0 Å². The Bertz CT molecular complexity index is 515. The number of ether oxygens (including phenoxy) is 1. The Morgan fingerprint density at radius 3 is 2.52 bits per heavy atom. The van der Waals surface area contributed by atoms with Crippen molar-refractivity contribution in [1.29, 1.82) is 0 Å². The van der Waals surface area contributed by atoms with Crippen LogP contribution in [0, 0.1) is 0 Å². The summed E-state index contributed by atoms with van der Waals surface area (Å²) in [5.41, 5.74) is 0.954. The molecule has 1 atom stereocenters. The lowest BCUT2D eigenvalue weighted by molar-refractivity contribution is 0.188. The molecule has 1 unspecified atom stereocenters. The number of aromatic nitrogens is 1. The molecule has 0 spiro atoms. The SMILES string of the molecule is COCCC(C)NS(=O)(=O)c1ccc(CNC(C)C)cn1. The molecule has 0 aliphatic carbocycles. The van der Waals surface area contributed by atoms with Gasteiger partial charge in [0.05, 0.1) is 0 Å². The van der Waals surface area contributed by atoms with E-state index >= 15 is 0 Å². The molecule has 0 saturated carbocycles. The number of rotatable bonds is 9. The van der Waals surface area contributed by atoms with E-state index in [1.807, 2.05) is 0 Å². The third-order valence-corrected chi connectivity index (χ3v) is 4.40. The fourth-order valence-corrected chi connectivity index (χ4v) is 2.88. The number of hydrogen-bond donors (Lipinski definition) is 2. The van der Waals surface area contributed by atoms with Gasteiger partial charge in [0.1, 0.15) is 0 Å². The molecule has 1 rings (SSSR count). The van der Waals surface area contributed by atoms with Gasteiger partial charge in [-0.05, 0) is 25.0 Å². The lowest BCUT2D eigenvalue weighted by atomic mass is 10.2. The Balaban J connectivity index is 2.66. The molecule has 0 saturated heterocycles. The van der Waals surface area contributed by atoms with Gasteiger partial charge in [-0.2, -0.15) is 0 Å². The van der Waals surface area contributed by atoms with E-state index in [-0.39, 0.29) is 11.1 Å². The summed E-state index contributed by atoms with van der Waals surface area (Å²) in [5, 5.41) is 3.30. The Morgan fingerprint density at radius 1 is 1.29 bits per heavy atom. The average molecular weight is 315 g/mol. The standard InChI is InChI=1S/C14H25N3O3S/c1-11(2)15-9-13-5-6-14(16-10-13)21(18,19)17-12(3)7-8-20-4/h5-6,10-12,15,17H,7-9H2,1-4H3. The maximum Gasteiger partial charge on any atom is 0.258 e. The van der Waals surface area contributed by atoms with Gasteiger partial charge in [-0.15, -0.1) is 0 Å². The van der Waals surface area contributed by atoms with Gasteiger partial charge in [-0.1, -0.05) is 19.9 Å². The lowest BCUT2D eigenvalue weighted by Crippen LogP contribution is -2.33. The molecule has 0 aliphatic heterocycles. The number of nitrogens with zero attached hydrogens (tertiary/aromatic N) is 1. The molecule has 0 aromatic carbocycles. The van der Waals surface area contributed by atoms with Gasteiger partial charge in [0.2, 0.25) is 0 Å². The molecule has 6 nitrogen and oxygen atoms in total. The van der Waals surface area contributed by atoms with Crippen molar-refractivity contribution in [2.45, 2.75) is 50.8 Å². The van der Waals surface area contributed by atoms with Crippen LogP contribution in [0.2, 0.25) is 0 Å². The first-order chi connectivity index (χ1) is 9.85. The van der Waals surface area contributed by atoms with Gasteiger partial charge in [0.25, 0.3) is 10.0 Å². The van der Waals surface area contributed by atoms with Crippen molar-refractivity contribution in [1.82, 2.24) is 15.0 Å². The highest BCUT2D eigenvalue weighted by molar-refractivity contribution is 7.89. The summed E-state index contributed by atoms with van der Waals surface area (Å²) in [6, 6.07) is 3.48. The quantitative estimate of drug-likeness (QED) is 0.717. The first-order valence-corrected chi connectivity index (χ1v) is 8.53. The molecule has 1 heterocycles. The highest BCUT2D eigenvalue weighted by atomic mass is 32.2. The summed E-state index contributed by atoms with van der Waals surface area (Å²) in [6.07, 6.45) is 2.20. The van der Waals surface area contributed by atoms with Crippen molar-refractivity contribution >= 4 is 10.0 Å². The van der Waals surface area contributed by atoms with Gasteiger partial charge in [0.15, 0.2) is 5.03 Å². The molecule has 1 aromatic heterocycles. The fraction of sp³-hybridized carbons (Fsp3) is 0.643. The molecule has 120 valence electrons. The molecular formula is C14H25N3O3S. The summed E-state index contributed by atoms with van der Waals surface area (Å²) in [5.74, 6) is 0. The average Bonchev–Trinajstić information content (AvgIpc) is 2.43. The van der Waals surface area contributed by atoms with E-state index in [0.29, 0.717) is 25.6 Å². The van der Waals surface area contributed by atoms with E-state index in [1.165, 1.54) is 6.07 Å². The highest BCUT2D eigenvalue weighted by Gasteiger charge is 2.18. The topological polar surface area (TPSA) is 80.3 Å². The predicted octanol–water partition coefficient (Wildman–Crippen LogP) is 1.28. The molecule has 0 fully saturated rings. The van der Waals surface area contributed by atoms with Crippen LogP contribution in [-0.2, 0) is 21.3 Å². The molecule has 0 bridgehead atoms. The minimum absolute atomic E-state index is 0.0417. The Labute approximate surface area is 127 Å². The van der Waals surface area contributed by atoms with Crippen LogP contribution in [0.3, 0.4) is 0 Å². The van der Waals surface area contributed by atoms with Crippen molar-refractivity contribution in [3.8, 4) is 0 Å². The number of sulfonamides is 1. The van der Waals surface area contributed by atoms with Crippen molar-refractivity contribution < 1.29 is 13.2 Å². The molecule has 0 radical (unpaired) electrons. The van der Waals surface area contributed by atoms with Crippen LogP contribution in [0.1, 0.15) is 32.8 Å². The lowest BCUT2D eigenvalue weighted by Gasteiger charge is -2.13. The van der Waals surface area contributed by atoms with Gasteiger partial charge in [0, 0.05) is 38.5 Å². The van der Waals surface area contributed by atoms with E-state index in [1.54, 1.807) is 26.3 Å². The predicted molar refractivity (Wildman–Crippen MR) is 82.5 cm³/mol. The first-order valence-electron chi connectivity index (χ1n) is 7.04. The molecule has 0 aliphatic rings. The Kier molecular flexibility index (Phi) is 7.24. The minimum atomic E-state index is -3.58. The Hall–Kier alpha value is -1.02. The smallest absolute Gasteiger partial charge is 0.258 e. The van der Waals surface area contributed by atoms with Gasteiger partial charge < -0.3 is 10.1 Å². The Morgan fingerprint density at radius 2 is 2.00 bits per heavy atom.